The fourth-order valence-corrected chi connectivity index (χ4v) is 2.38. The number of nitrogens with one attached hydrogen (secondary N) is 1. The Morgan fingerprint density at radius 3 is 2.36 bits per heavy atom. The van der Waals surface area contributed by atoms with Gasteiger partial charge in [-0.2, -0.15) is 0 Å². The van der Waals surface area contributed by atoms with Crippen molar-refractivity contribution in [2.24, 2.45) is 4.99 Å². The highest BCUT2D eigenvalue weighted by Gasteiger charge is 2.13. The summed E-state index contributed by atoms with van der Waals surface area (Å²) in [7, 11) is 1.94. The first-order valence-corrected chi connectivity index (χ1v) is 8.63. The first-order valence-electron chi connectivity index (χ1n) is 8.63. The van der Waals surface area contributed by atoms with Crippen LogP contribution in [0.15, 0.2) is 41.4 Å². The summed E-state index contributed by atoms with van der Waals surface area (Å²) < 4.78 is 14.0. The molecule has 0 aliphatic heterocycles. The molecule has 2 rings (SSSR count). The van der Waals surface area contributed by atoms with Crippen molar-refractivity contribution < 1.29 is 4.39 Å². The van der Waals surface area contributed by atoms with E-state index in [-0.39, 0.29) is 11.2 Å². The third-order valence-corrected chi connectivity index (χ3v) is 4.27. The molecule has 0 saturated carbocycles. The minimum atomic E-state index is -0.300. The molecule has 0 saturated heterocycles. The van der Waals surface area contributed by atoms with Crippen molar-refractivity contribution in [3.8, 4) is 0 Å². The molecule has 134 valence electrons. The van der Waals surface area contributed by atoms with Crippen molar-refractivity contribution >= 4 is 23.4 Å². The van der Waals surface area contributed by atoms with Crippen LogP contribution in [0.5, 0.6) is 0 Å². The van der Waals surface area contributed by atoms with Gasteiger partial charge in [0.25, 0.3) is 0 Å². The second kappa shape index (κ2) is 7.68. The zero-order valence-electron chi connectivity index (χ0n) is 16.0. The van der Waals surface area contributed by atoms with Gasteiger partial charge in [-0.25, -0.2) is 9.38 Å². The van der Waals surface area contributed by atoms with E-state index in [0.717, 1.165) is 23.5 Å². The molecule has 0 heterocycles. The number of nitrogens with zero attached hydrogens (tertiary/aromatic N) is 2. The lowest BCUT2D eigenvalue weighted by atomic mass is 9.87. The number of aliphatic imine (C=N–C) groups is 1. The molecule has 3 nitrogen and oxygen atoms in total. The number of anilines is 2. The van der Waals surface area contributed by atoms with E-state index in [2.05, 4.69) is 43.2 Å². The lowest BCUT2D eigenvalue weighted by Gasteiger charge is -2.19. The predicted molar refractivity (Wildman–Crippen MR) is 106 cm³/mol. The van der Waals surface area contributed by atoms with Crippen molar-refractivity contribution in [1.29, 1.82) is 0 Å². The quantitative estimate of drug-likeness (QED) is 0.551. The normalized spacial score (nSPS) is 11.8. The van der Waals surface area contributed by atoms with Crippen LogP contribution < -0.4 is 5.32 Å². The molecule has 0 bridgehead atoms. The maximum atomic E-state index is 14.0. The SMILES string of the molecule is CCN(C)C=Nc1cc(F)cc(Nc2ccc(C(C)(C)C)cc2)c1C. The third kappa shape index (κ3) is 5.05. The van der Waals surface area contributed by atoms with Crippen molar-refractivity contribution in [2.75, 3.05) is 18.9 Å². The van der Waals surface area contributed by atoms with Crippen LogP contribution in [0, 0.1) is 12.7 Å². The van der Waals surface area contributed by atoms with E-state index in [1.807, 2.05) is 37.9 Å². The van der Waals surface area contributed by atoms with Crippen LogP contribution >= 0.6 is 0 Å². The highest BCUT2D eigenvalue weighted by molar-refractivity contribution is 5.72. The number of benzene rings is 2. The van der Waals surface area contributed by atoms with Gasteiger partial charge in [0.05, 0.1) is 12.0 Å². The van der Waals surface area contributed by atoms with Gasteiger partial charge in [0.15, 0.2) is 0 Å². The minimum absolute atomic E-state index is 0.112. The van der Waals surface area contributed by atoms with Gasteiger partial charge in [-0.15, -0.1) is 0 Å². The molecule has 4 heteroatoms. The Morgan fingerprint density at radius 2 is 1.80 bits per heavy atom. The summed E-state index contributed by atoms with van der Waals surface area (Å²) in [5.74, 6) is -0.300. The van der Waals surface area contributed by atoms with E-state index in [4.69, 9.17) is 0 Å². The van der Waals surface area contributed by atoms with Crippen LogP contribution in [0.2, 0.25) is 0 Å². The van der Waals surface area contributed by atoms with E-state index in [1.165, 1.54) is 17.7 Å². The first kappa shape index (κ1) is 19.0. The maximum Gasteiger partial charge on any atom is 0.127 e. The first-order chi connectivity index (χ1) is 11.7. The molecule has 0 atom stereocenters. The fourth-order valence-electron chi connectivity index (χ4n) is 2.38. The Balaban J connectivity index is 2.27. The number of hydrogen-bond donors (Lipinski definition) is 1. The van der Waals surface area contributed by atoms with Crippen LogP contribution in [0.4, 0.5) is 21.5 Å². The predicted octanol–water partition coefficient (Wildman–Crippen LogP) is 5.79. The van der Waals surface area contributed by atoms with E-state index < -0.39 is 0 Å². The zero-order chi connectivity index (χ0) is 18.6. The van der Waals surface area contributed by atoms with Crippen molar-refractivity contribution in [3.63, 3.8) is 0 Å². The molecular formula is C21H28FN3. The molecule has 25 heavy (non-hydrogen) atoms. The lowest BCUT2D eigenvalue weighted by molar-refractivity contribution is 0.552. The zero-order valence-corrected chi connectivity index (χ0v) is 16.0. The lowest BCUT2D eigenvalue weighted by Crippen LogP contribution is -2.14. The van der Waals surface area contributed by atoms with Crippen LogP contribution in [0.3, 0.4) is 0 Å². The molecule has 0 fully saturated rings. The summed E-state index contributed by atoms with van der Waals surface area (Å²) in [6, 6.07) is 11.2. The standard InChI is InChI=1S/C21H28FN3/c1-7-25(6)14-23-19-12-17(22)13-20(15(19)2)24-18-10-8-16(9-11-18)21(3,4)5/h8-14,24H,7H2,1-6H3. The Labute approximate surface area is 150 Å². The molecule has 0 aromatic heterocycles. The van der Waals surface area contributed by atoms with Gasteiger partial charge in [0.1, 0.15) is 5.82 Å². The Bertz CT molecular complexity index is 743. The van der Waals surface area contributed by atoms with E-state index in [9.17, 15) is 4.39 Å². The number of hydrogen-bond acceptors (Lipinski definition) is 2. The minimum Gasteiger partial charge on any atom is -0.366 e. The maximum absolute atomic E-state index is 14.0. The summed E-state index contributed by atoms with van der Waals surface area (Å²) in [6.45, 7) is 11.4. The molecule has 1 N–H and O–H groups in total. The Kier molecular flexibility index (Phi) is 5.83. The van der Waals surface area contributed by atoms with Crippen molar-refractivity contribution in [1.82, 2.24) is 4.90 Å². The molecule has 0 aliphatic carbocycles. The van der Waals surface area contributed by atoms with Gasteiger partial charge in [-0.1, -0.05) is 32.9 Å². The van der Waals surface area contributed by atoms with Gasteiger partial charge in [0.2, 0.25) is 0 Å². The van der Waals surface area contributed by atoms with Crippen molar-refractivity contribution in [3.05, 3.63) is 53.3 Å². The molecule has 0 unspecified atom stereocenters. The molecule has 0 aliphatic rings. The Hall–Kier alpha value is -2.36. The topological polar surface area (TPSA) is 27.6 Å². The van der Waals surface area contributed by atoms with Gasteiger partial charge in [-0.3, -0.25) is 0 Å². The molecule has 0 amide bonds. The largest absolute Gasteiger partial charge is 0.366 e. The van der Waals surface area contributed by atoms with Gasteiger partial charge in [-0.05, 0) is 54.7 Å². The number of halogens is 1. The summed E-state index contributed by atoms with van der Waals surface area (Å²) in [5.41, 5.74) is 4.59. The Morgan fingerprint density at radius 1 is 1.16 bits per heavy atom. The van der Waals surface area contributed by atoms with Crippen LogP contribution in [0.1, 0.15) is 38.8 Å². The van der Waals surface area contributed by atoms with Crippen molar-refractivity contribution in [2.45, 2.75) is 40.0 Å². The second-order valence-corrected chi connectivity index (χ2v) is 7.37. The molecule has 0 radical (unpaired) electrons. The molecule has 2 aromatic carbocycles. The van der Waals surface area contributed by atoms with Gasteiger partial charge < -0.3 is 10.2 Å². The highest BCUT2D eigenvalue weighted by atomic mass is 19.1. The summed E-state index contributed by atoms with van der Waals surface area (Å²) in [6.07, 6.45) is 1.73. The van der Waals surface area contributed by atoms with E-state index in [0.29, 0.717) is 5.69 Å². The second-order valence-electron chi connectivity index (χ2n) is 7.37. The fraction of sp³-hybridized carbons (Fsp3) is 0.381. The van der Waals surface area contributed by atoms with Gasteiger partial charge in [0, 0.05) is 25.0 Å². The average Bonchev–Trinajstić information content (AvgIpc) is 2.55. The van der Waals surface area contributed by atoms with E-state index >= 15 is 0 Å². The van der Waals surface area contributed by atoms with Gasteiger partial charge >= 0.3 is 0 Å². The van der Waals surface area contributed by atoms with Crippen LogP contribution in [0.25, 0.3) is 0 Å². The monoisotopic (exact) mass is 341 g/mol. The van der Waals surface area contributed by atoms with Crippen LogP contribution in [-0.2, 0) is 5.41 Å². The molecule has 0 spiro atoms. The summed E-state index contributed by atoms with van der Waals surface area (Å²) >= 11 is 0. The average molecular weight is 341 g/mol. The third-order valence-electron chi connectivity index (χ3n) is 4.27. The number of rotatable bonds is 5. The molecule has 2 aromatic rings. The summed E-state index contributed by atoms with van der Waals surface area (Å²) in [4.78, 5) is 6.35. The molecular weight excluding hydrogens is 313 g/mol. The highest BCUT2D eigenvalue weighted by Crippen LogP contribution is 2.31. The smallest absolute Gasteiger partial charge is 0.127 e. The van der Waals surface area contributed by atoms with Crippen LogP contribution in [-0.4, -0.2) is 24.8 Å². The van der Waals surface area contributed by atoms with E-state index in [1.54, 1.807) is 6.34 Å². The summed E-state index contributed by atoms with van der Waals surface area (Å²) in [5, 5.41) is 3.31.